The third-order valence-electron chi connectivity index (χ3n) is 4.20. The van der Waals surface area contributed by atoms with Gasteiger partial charge in [0.05, 0.1) is 0 Å². The van der Waals surface area contributed by atoms with E-state index in [1.807, 2.05) is 11.3 Å². The van der Waals surface area contributed by atoms with Crippen molar-refractivity contribution in [3.8, 4) is 0 Å². The average Bonchev–Trinajstić information content (AvgIpc) is 2.83. The number of fused-ring (bicyclic) bond motifs is 3. The number of halogens is 1. The molecule has 0 spiro atoms. The highest BCUT2D eigenvalue weighted by molar-refractivity contribution is 9.10. The molecule has 0 amide bonds. The molecular weight excluding hydrogens is 310 g/mol. The maximum Gasteiger partial charge on any atom is 0.0381 e. The van der Waals surface area contributed by atoms with Crippen LogP contribution in [0.3, 0.4) is 0 Å². The van der Waals surface area contributed by atoms with Crippen LogP contribution in [-0.2, 0) is 6.42 Å². The highest BCUT2D eigenvalue weighted by atomic mass is 79.9. The Hall–Kier alpha value is 0.0600. The van der Waals surface area contributed by atoms with E-state index >= 15 is 0 Å². The average molecular weight is 330 g/mol. The van der Waals surface area contributed by atoms with Gasteiger partial charge >= 0.3 is 0 Å². The van der Waals surface area contributed by atoms with Gasteiger partial charge in [0.1, 0.15) is 0 Å². The molecular formula is C13H20BrN3S. The maximum atomic E-state index is 3.54. The summed E-state index contributed by atoms with van der Waals surface area (Å²) in [5, 5.41) is 5.72. The first-order valence-electron chi connectivity index (χ1n) is 6.63. The number of hydrogen-bond donors (Lipinski definition) is 1. The molecule has 0 radical (unpaired) electrons. The summed E-state index contributed by atoms with van der Waals surface area (Å²) in [6, 6.07) is 3.50. The molecule has 3 nitrogen and oxygen atoms in total. The fourth-order valence-electron chi connectivity index (χ4n) is 3.15. The Labute approximate surface area is 121 Å². The van der Waals surface area contributed by atoms with Crippen molar-refractivity contribution in [3.05, 3.63) is 20.8 Å². The van der Waals surface area contributed by atoms with Crippen LogP contribution < -0.4 is 5.32 Å². The van der Waals surface area contributed by atoms with E-state index < -0.39 is 0 Å². The van der Waals surface area contributed by atoms with Crippen LogP contribution in [-0.4, -0.2) is 61.7 Å². The van der Waals surface area contributed by atoms with Crippen LogP contribution >= 0.6 is 27.3 Å². The zero-order chi connectivity index (χ0) is 12.5. The van der Waals surface area contributed by atoms with Gasteiger partial charge in [-0.25, -0.2) is 0 Å². The molecule has 1 aromatic rings. The van der Waals surface area contributed by atoms with Crippen molar-refractivity contribution in [2.24, 2.45) is 0 Å². The molecule has 2 bridgehead atoms. The minimum Gasteiger partial charge on any atom is -0.315 e. The second-order valence-electron chi connectivity index (χ2n) is 5.23. The van der Waals surface area contributed by atoms with Gasteiger partial charge in [0.25, 0.3) is 0 Å². The first-order valence-corrected chi connectivity index (χ1v) is 8.30. The van der Waals surface area contributed by atoms with E-state index in [-0.39, 0.29) is 0 Å². The van der Waals surface area contributed by atoms with Crippen molar-refractivity contribution >= 4 is 27.3 Å². The highest BCUT2D eigenvalue weighted by Gasteiger charge is 2.36. The van der Waals surface area contributed by atoms with Gasteiger partial charge in [0, 0.05) is 59.5 Å². The number of piperazine rings is 3. The molecule has 2 atom stereocenters. The van der Waals surface area contributed by atoms with Crippen LogP contribution in [0.4, 0.5) is 0 Å². The molecule has 4 rings (SSSR count). The Morgan fingerprint density at radius 1 is 1.44 bits per heavy atom. The summed E-state index contributed by atoms with van der Waals surface area (Å²) in [6.45, 7) is 6.25. The molecule has 4 heterocycles. The fraction of sp³-hybridized carbons (Fsp3) is 0.692. The number of hydrogen-bond acceptors (Lipinski definition) is 4. The first kappa shape index (κ1) is 13.1. The predicted octanol–water partition coefficient (Wildman–Crippen LogP) is 1.64. The number of nitrogens with one attached hydrogen (secondary N) is 1. The number of rotatable bonds is 4. The van der Waals surface area contributed by atoms with Crippen molar-refractivity contribution in [2.45, 2.75) is 18.5 Å². The fourth-order valence-corrected chi connectivity index (χ4v) is 4.66. The van der Waals surface area contributed by atoms with Gasteiger partial charge in [-0.05, 0) is 35.5 Å². The molecule has 18 heavy (non-hydrogen) atoms. The zero-order valence-electron chi connectivity index (χ0n) is 10.7. The van der Waals surface area contributed by atoms with Gasteiger partial charge in [-0.3, -0.25) is 9.80 Å². The SMILES string of the molecule is CNC(Cc1cc(Br)cs1)C1CN2CCN1CC2. The van der Waals surface area contributed by atoms with Gasteiger partial charge in [-0.15, -0.1) is 11.3 Å². The molecule has 0 aliphatic carbocycles. The Morgan fingerprint density at radius 3 is 2.72 bits per heavy atom. The molecule has 3 aliphatic rings. The molecule has 0 saturated carbocycles. The zero-order valence-corrected chi connectivity index (χ0v) is 13.1. The van der Waals surface area contributed by atoms with Gasteiger partial charge < -0.3 is 5.32 Å². The van der Waals surface area contributed by atoms with Crippen LogP contribution in [0.5, 0.6) is 0 Å². The normalized spacial score (nSPS) is 32.7. The summed E-state index contributed by atoms with van der Waals surface area (Å²) in [5.41, 5.74) is 0. The molecule has 3 fully saturated rings. The summed E-state index contributed by atoms with van der Waals surface area (Å²) < 4.78 is 1.21. The summed E-state index contributed by atoms with van der Waals surface area (Å²) in [6.07, 6.45) is 1.14. The van der Waals surface area contributed by atoms with Crippen LogP contribution in [0.25, 0.3) is 0 Å². The van der Waals surface area contributed by atoms with Crippen molar-refractivity contribution in [2.75, 3.05) is 39.8 Å². The lowest BCUT2D eigenvalue weighted by molar-refractivity contribution is -0.00191. The van der Waals surface area contributed by atoms with Crippen LogP contribution in [0.15, 0.2) is 15.9 Å². The van der Waals surface area contributed by atoms with E-state index in [4.69, 9.17) is 0 Å². The van der Waals surface area contributed by atoms with Gasteiger partial charge in [-0.1, -0.05) is 0 Å². The Bertz CT molecular complexity index is 401. The lowest BCUT2D eigenvalue weighted by Gasteiger charge is -2.50. The van der Waals surface area contributed by atoms with Gasteiger partial charge in [-0.2, -0.15) is 0 Å². The molecule has 2 unspecified atom stereocenters. The Kier molecular flexibility index (Phi) is 4.06. The Morgan fingerprint density at radius 2 is 2.22 bits per heavy atom. The van der Waals surface area contributed by atoms with Crippen LogP contribution in [0.2, 0.25) is 0 Å². The second-order valence-corrected chi connectivity index (χ2v) is 7.15. The van der Waals surface area contributed by atoms with E-state index in [0.717, 1.165) is 6.42 Å². The summed E-state index contributed by atoms with van der Waals surface area (Å²) >= 11 is 5.40. The Balaban J connectivity index is 1.68. The van der Waals surface area contributed by atoms with Crippen molar-refractivity contribution in [1.82, 2.24) is 15.1 Å². The summed E-state index contributed by atoms with van der Waals surface area (Å²) in [7, 11) is 2.10. The molecule has 5 heteroatoms. The van der Waals surface area contributed by atoms with Crippen molar-refractivity contribution < 1.29 is 0 Å². The van der Waals surface area contributed by atoms with Crippen LogP contribution in [0, 0.1) is 0 Å². The quantitative estimate of drug-likeness (QED) is 0.906. The van der Waals surface area contributed by atoms with E-state index in [1.165, 1.54) is 42.1 Å². The van der Waals surface area contributed by atoms with E-state index in [1.54, 1.807) is 0 Å². The maximum absolute atomic E-state index is 3.54. The minimum absolute atomic E-state index is 0.568. The molecule has 3 aliphatic heterocycles. The molecule has 1 N–H and O–H groups in total. The van der Waals surface area contributed by atoms with E-state index in [0.29, 0.717) is 12.1 Å². The smallest absolute Gasteiger partial charge is 0.0381 e. The van der Waals surface area contributed by atoms with E-state index in [9.17, 15) is 0 Å². The van der Waals surface area contributed by atoms with Crippen molar-refractivity contribution in [3.63, 3.8) is 0 Å². The predicted molar refractivity (Wildman–Crippen MR) is 80.4 cm³/mol. The standard InChI is InChI=1S/C13H20BrN3S/c1-15-12(7-11-6-10(14)9-18-11)13-8-16-2-4-17(13)5-3-16/h6,9,12-13,15H,2-5,7-8H2,1H3. The lowest BCUT2D eigenvalue weighted by atomic mass is 9.97. The monoisotopic (exact) mass is 329 g/mol. The van der Waals surface area contributed by atoms with Crippen molar-refractivity contribution in [1.29, 1.82) is 0 Å². The van der Waals surface area contributed by atoms with Crippen LogP contribution in [0.1, 0.15) is 4.88 Å². The largest absolute Gasteiger partial charge is 0.315 e. The number of likely N-dealkylation sites (N-methyl/N-ethyl adjacent to an activating group) is 1. The van der Waals surface area contributed by atoms with Gasteiger partial charge in [0.15, 0.2) is 0 Å². The first-order chi connectivity index (χ1) is 8.76. The highest BCUT2D eigenvalue weighted by Crippen LogP contribution is 2.24. The lowest BCUT2D eigenvalue weighted by Crippen LogP contribution is -2.66. The third kappa shape index (κ3) is 2.65. The number of thiophene rings is 1. The van der Waals surface area contributed by atoms with E-state index in [2.05, 4.69) is 49.5 Å². The second kappa shape index (κ2) is 5.59. The molecule has 0 aromatic carbocycles. The topological polar surface area (TPSA) is 18.5 Å². The third-order valence-corrected chi connectivity index (χ3v) is 5.92. The molecule has 3 saturated heterocycles. The van der Waals surface area contributed by atoms with Gasteiger partial charge in [0.2, 0.25) is 0 Å². The molecule has 100 valence electrons. The molecule has 1 aromatic heterocycles. The minimum atomic E-state index is 0.568. The summed E-state index contributed by atoms with van der Waals surface area (Å²) in [4.78, 5) is 6.75. The number of nitrogens with zero attached hydrogens (tertiary/aromatic N) is 2. The summed E-state index contributed by atoms with van der Waals surface area (Å²) in [5.74, 6) is 0.